The number of aromatic nitrogens is 2. The van der Waals surface area contributed by atoms with Crippen LogP contribution in [0.2, 0.25) is 0 Å². The highest BCUT2D eigenvalue weighted by Crippen LogP contribution is 2.49. The Hall–Kier alpha value is -4.17. The number of benzene rings is 1. The van der Waals surface area contributed by atoms with Gasteiger partial charge in [0.15, 0.2) is 0 Å². The molecule has 1 aliphatic carbocycles. The Balaban J connectivity index is 1.89. The van der Waals surface area contributed by atoms with Crippen LogP contribution >= 0.6 is 0 Å². The molecule has 8 heteroatoms. The van der Waals surface area contributed by atoms with Gasteiger partial charge in [-0.05, 0) is 24.6 Å². The monoisotopic (exact) mass is 401 g/mol. The first-order chi connectivity index (χ1) is 14.6. The van der Waals surface area contributed by atoms with Crippen LogP contribution in [0.15, 0.2) is 36.5 Å². The summed E-state index contributed by atoms with van der Waals surface area (Å²) in [6.07, 6.45) is 2.54. The van der Waals surface area contributed by atoms with E-state index < -0.39 is 5.91 Å². The molecule has 2 atom stereocenters. The molecule has 0 saturated heterocycles. The van der Waals surface area contributed by atoms with Gasteiger partial charge < -0.3 is 15.4 Å². The van der Waals surface area contributed by atoms with Crippen molar-refractivity contribution in [2.75, 3.05) is 14.2 Å². The molecule has 30 heavy (non-hydrogen) atoms. The van der Waals surface area contributed by atoms with Gasteiger partial charge in [-0.2, -0.15) is 5.26 Å². The number of hydrogen-bond donors (Lipinski definition) is 2. The fraction of sp³-hybridized carbons (Fsp3) is 0.227. The Morgan fingerprint density at radius 3 is 2.73 bits per heavy atom. The molecule has 1 heterocycles. The van der Waals surface area contributed by atoms with Crippen molar-refractivity contribution < 1.29 is 14.3 Å². The summed E-state index contributed by atoms with van der Waals surface area (Å²) in [5, 5.41) is 22.2. The highest BCUT2D eigenvalue weighted by Gasteiger charge is 2.40. The maximum Gasteiger partial charge on any atom is 0.254 e. The Labute approximate surface area is 174 Å². The quantitative estimate of drug-likeness (QED) is 0.429. The topological polar surface area (TPSA) is 117 Å². The molecular formula is C22H19N5O3. The number of rotatable bonds is 6. The lowest BCUT2D eigenvalue weighted by molar-refractivity contribution is -0.115. The van der Waals surface area contributed by atoms with Crippen molar-refractivity contribution in [3.8, 4) is 23.8 Å². The molecule has 0 radical (unpaired) electrons. The van der Waals surface area contributed by atoms with Gasteiger partial charge in [0.2, 0.25) is 12.3 Å². The molecule has 1 aliphatic rings. The van der Waals surface area contributed by atoms with E-state index in [2.05, 4.69) is 38.7 Å². The van der Waals surface area contributed by atoms with E-state index in [0.717, 1.165) is 12.0 Å². The molecule has 150 valence electrons. The molecule has 2 unspecified atom stereocenters. The van der Waals surface area contributed by atoms with Crippen molar-refractivity contribution in [2.24, 2.45) is 5.92 Å². The Morgan fingerprint density at radius 1 is 1.30 bits per heavy atom. The standard InChI is InChI=1S/C22H19N5O3/c1-24-21(29)19(12-25-13-28)20-10-18(22(30-2)27-26-20)17-9-15(17)8-7-14-5-3-4-6-16(14)11-23/h3-6,10,12-13,15,17H,9H2,1-2H3,(H,24,29)(H,25,28)/b19-12-. The van der Waals surface area contributed by atoms with Crippen LogP contribution in [0.5, 0.6) is 5.88 Å². The Kier molecular flexibility index (Phi) is 6.41. The van der Waals surface area contributed by atoms with Crippen LogP contribution in [0, 0.1) is 29.1 Å². The van der Waals surface area contributed by atoms with E-state index in [4.69, 9.17) is 4.74 Å². The smallest absolute Gasteiger partial charge is 0.254 e. The van der Waals surface area contributed by atoms with Gasteiger partial charge in [0.05, 0.1) is 18.2 Å². The van der Waals surface area contributed by atoms with Crippen molar-refractivity contribution in [1.29, 1.82) is 5.26 Å². The zero-order valence-electron chi connectivity index (χ0n) is 16.5. The number of amides is 2. The van der Waals surface area contributed by atoms with Gasteiger partial charge in [0, 0.05) is 36.2 Å². The van der Waals surface area contributed by atoms with Crippen LogP contribution < -0.4 is 15.4 Å². The molecule has 3 rings (SSSR count). The maximum absolute atomic E-state index is 12.2. The lowest BCUT2D eigenvalue weighted by Crippen LogP contribution is -2.22. The van der Waals surface area contributed by atoms with Crippen LogP contribution in [-0.4, -0.2) is 36.7 Å². The Bertz CT molecular complexity index is 1110. The third-order valence-corrected chi connectivity index (χ3v) is 4.65. The average molecular weight is 401 g/mol. The second-order valence-electron chi connectivity index (χ2n) is 6.49. The predicted octanol–water partition coefficient (Wildman–Crippen LogP) is 1.34. The second kappa shape index (κ2) is 9.35. The molecule has 2 aromatic rings. The molecule has 8 nitrogen and oxygen atoms in total. The van der Waals surface area contributed by atoms with E-state index >= 15 is 0 Å². The molecule has 1 aromatic heterocycles. The fourth-order valence-electron chi connectivity index (χ4n) is 3.02. The zero-order chi connectivity index (χ0) is 21.5. The third kappa shape index (κ3) is 4.45. The molecule has 1 aromatic carbocycles. The van der Waals surface area contributed by atoms with E-state index in [1.807, 2.05) is 12.1 Å². The SMILES string of the molecule is CNC(=O)/C(=C\NC=O)c1cc(C2CC2C#Cc2ccccc2C#N)c(OC)nn1. The van der Waals surface area contributed by atoms with Gasteiger partial charge in [-0.3, -0.25) is 9.59 Å². The third-order valence-electron chi connectivity index (χ3n) is 4.65. The van der Waals surface area contributed by atoms with E-state index in [-0.39, 0.29) is 17.4 Å². The summed E-state index contributed by atoms with van der Waals surface area (Å²) in [5.74, 6) is 6.39. The largest absolute Gasteiger partial charge is 0.480 e. The fourth-order valence-corrected chi connectivity index (χ4v) is 3.02. The molecular weight excluding hydrogens is 382 g/mol. The number of ether oxygens (including phenoxy) is 1. The van der Waals surface area contributed by atoms with Crippen molar-refractivity contribution in [2.45, 2.75) is 12.3 Å². The summed E-state index contributed by atoms with van der Waals surface area (Å²) < 4.78 is 5.34. The first-order valence-electron chi connectivity index (χ1n) is 9.17. The molecule has 0 spiro atoms. The highest BCUT2D eigenvalue weighted by molar-refractivity contribution is 6.18. The lowest BCUT2D eigenvalue weighted by Gasteiger charge is -2.10. The van der Waals surface area contributed by atoms with Gasteiger partial charge in [-0.15, -0.1) is 10.2 Å². The van der Waals surface area contributed by atoms with Crippen LogP contribution in [0.25, 0.3) is 5.57 Å². The zero-order valence-corrected chi connectivity index (χ0v) is 16.5. The van der Waals surface area contributed by atoms with Crippen molar-refractivity contribution in [1.82, 2.24) is 20.8 Å². The van der Waals surface area contributed by atoms with Crippen molar-refractivity contribution in [3.05, 3.63) is 58.9 Å². The average Bonchev–Trinajstić information content (AvgIpc) is 3.57. The minimum atomic E-state index is -0.407. The normalized spacial score (nSPS) is 17.0. The number of methoxy groups -OCH3 is 1. The molecule has 0 aliphatic heterocycles. The number of carbonyl (C=O) groups excluding carboxylic acids is 2. The summed E-state index contributed by atoms with van der Waals surface area (Å²) >= 11 is 0. The van der Waals surface area contributed by atoms with E-state index in [1.165, 1.54) is 20.4 Å². The predicted molar refractivity (Wildman–Crippen MR) is 109 cm³/mol. The van der Waals surface area contributed by atoms with Gasteiger partial charge in [0.25, 0.3) is 5.91 Å². The van der Waals surface area contributed by atoms with Crippen LogP contribution in [0.3, 0.4) is 0 Å². The first kappa shape index (κ1) is 20.6. The van der Waals surface area contributed by atoms with Gasteiger partial charge >= 0.3 is 0 Å². The summed E-state index contributed by atoms with van der Waals surface area (Å²) in [7, 11) is 2.99. The lowest BCUT2D eigenvalue weighted by atomic mass is 10.1. The number of hydrogen-bond acceptors (Lipinski definition) is 6. The number of likely N-dealkylation sites (N-methyl/N-ethyl adjacent to an activating group) is 1. The van der Waals surface area contributed by atoms with E-state index in [0.29, 0.717) is 29.1 Å². The summed E-state index contributed by atoms with van der Waals surface area (Å²) in [6, 6.07) is 11.1. The maximum atomic E-state index is 12.2. The van der Waals surface area contributed by atoms with Gasteiger partial charge in [-0.1, -0.05) is 24.0 Å². The Morgan fingerprint density at radius 2 is 2.07 bits per heavy atom. The molecule has 0 bridgehead atoms. The van der Waals surface area contributed by atoms with Crippen LogP contribution in [0.4, 0.5) is 0 Å². The number of carbonyl (C=O) groups is 2. The summed E-state index contributed by atoms with van der Waals surface area (Å²) in [4.78, 5) is 22.8. The number of nitriles is 1. The van der Waals surface area contributed by atoms with Crippen molar-refractivity contribution >= 4 is 17.9 Å². The van der Waals surface area contributed by atoms with Gasteiger partial charge in [-0.25, -0.2) is 0 Å². The highest BCUT2D eigenvalue weighted by atomic mass is 16.5. The van der Waals surface area contributed by atoms with E-state index in [9.17, 15) is 14.9 Å². The number of nitrogens with one attached hydrogen (secondary N) is 2. The summed E-state index contributed by atoms with van der Waals surface area (Å²) in [6.45, 7) is 0. The van der Waals surface area contributed by atoms with Crippen LogP contribution in [0.1, 0.15) is 34.7 Å². The second-order valence-corrected chi connectivity index (χ2v) is 6.49. The molecule has 1 saturated carbocycles. The molecule has 2 N–H and O–H groups in total. The van der Waals surface area contributed by atoms with Crippen molar-refractivity contribution in [3.63, 3.8) is 0 Å². The minimum Gasteiger partial charge on any atom is -0.480 e. The van der Waals surface area contributed by atoms with Gasteiger partial charge in [0.1, 0.15) is 11.8 Å². The summed E-state index contributed by atoms with van der Waals surface area (Å²) in [5.41, 5.74) is 2.50. The first-order valence-corrected chi connectivity index (χ1v) is 9.17. The number of nitrogens with zero attached hydrogens (tertiary/aromatic N) is 3. The van der Waals surface area contributed by atoms with E-state index in [1.54, 1.807) is 18.2 Å². The molecule has 2 amide bonds. The van der Waals surface area contributed by atoms with Crippen LogP contribution in [-0.2, 0) is 9.59 Å². The molecule has 1 fully saturated rings. The minimum absolute atomic E-state index is 0.0703.